The Morgan fingerprint density at radius 2 is 1.85 bits per heavy atom. The molecule has 0 aromatic heterocycles. The fourth-order valence-corrected chi connectivity index (χ4v) is 2.24. The van der Waals surface area contributed by atoms with Crippen molar-refractivity contribution in [1.82, 2.24) is 0 Å². The van der Waals surface area contributed by atoms with Gasteiger partial charge >= 0.3 is 5.97 Å². The third-order valence-corrected chi connectivity index (χ3v) is 3.70. The second-order valence-electron chi connectivity index (χ2n) is 5.81. The molecule has 0 saturated heterocycles. The summed E-state index contributed by atoms with van der Waals surface area (Å²) in [6, 6.07) is 11.5. The van der Waals surface area contributed by atoms with Gasteiger partial charge in [0.25, 0.3) is 5.91 Å². The molecule has 0 aliphatic carbocycles. The Labute approximate surface area is 158 Å². The summed E-state index contributed by atoms with van der Waals surface area (Å²) in [5.41, 5.74) is 6.91. The van der Waals surface area contributed by atoms with Gasteiger partial charge < -0.3 is 25.3 Å². The maximum atomic E-state index is 12.0. The zero-order chi connectivity index (χ0) is 19.6. The van der Waals surface area contributed by atoms with Gasteiger partial charge in [0.2, 0.25) is 0 Å². The molecule has 3 N–H and O–H groups in total. The lowest BCUT2D eigenvalue weighted by Crippen LogP contribution is -2.21. The molecular formula is C20H24N2O5. The molecule has 27 heavy (non-hydrogen) atoms. The smallest absolute Gasteiger partial charge is 0.338 e. The van der Waals surface area contributed by atoms with Crippen molar-refractivity contribution in [3.8, 4) is 11.5 Å². The third kappa shape index (κ3) is 6.22. The number of nitrogens with two attached hydrogens (primary N) is 1. The molecule has 0 fully saturated rings. The summed E-state index contributed by atoms with van der Waals surface area (Å²) in [5, 5.41) is 2.66. The summed E-state index contributed by atoms with van der Waals surface area (Å²) in [6.45, 7) is 2.35. The summed E-state index contributed by atoms with van der Waals surface area (Å²) in [4.78, 5) is 24.0. The van der Waals surface area contributed by atoms with Crippen molar-refractivity contribution >= 4 is 23.3 Å². The van der Waals surface area contributed by atoms with E-state index in [9.17, 15) is 9.59 Å². The van der Waals surface area contributed by atoms with Crippen LogP contribution >= 0.6 is 0 Å². The number of nitrogens with one attached hydrogen (secondary N) is 1. The highest BCUT2D eigenvalue weighted by Gasteiger charge is 2.12. The SMILES string of the molecule is CCCCOc1ccc(NC(=O)COC(=O)c2ccc(OC)c(N)c2)cc1. The van der Waals surface area contributed by atoms with Crippen molar-refractivity contribution < 1.29 is 23.8 Å². The van der Waals surface area contributed by atoms with Crippen LogP contribution in [0.4, 0.5) is 11.4 Å². The summed E-state index contributed by atoms with van der Waals surface area (Å²) < 4.78 is 15.6. The van der Waals surface area contributed by atoms with E-state index in [1.807, 2.05) is 0 Å². The minimum Gasteiger partial charge on any atom is -0.495 e. The molecule has 0 spiro atoms. The fourth-order valence-electron chi connectivity index (χ4n) is 2.24. The first kappa shape index (κ1) is 20.1. The molecule has 0 aliphatic rings. The van der Waals surface area contributed by atoms with E-state index in [4.69, 9.17) is 19.9 Å². The van der Waals surface area contributed by atoms with E-state index in [-0.39, 0.29) is 5.56 Å². The normalized spacial score (nSPS) is 10.1. The maximum Gasteiger partial charge on any atom is 0.338 e. The number of hydrogen-bond acceptors (Lipinski definition) is 6. The average molecular weight is 372 g/mol. The summed E-state index contributed by atoms with van der Waals surface area (Å²) in [7, 11) is 1.48. The number of unbranched alkanes of at least 4 members (excludes halogenated alkanes) is 1. The van der Waals surface area contributed by atoms with E-state index in [0.717, 1.165) is 18.6 Å². The molecule has 1 amide bonds. The van der Waals surface area contributed by atoms with Crippen molar-refractivity contribution in [3.05, 3.63) is 48.0 Å². The third-order valence-electron chi connectivity index (χ3n) is 3.70. The largest absolute Gasteiger partial charge is 0.495 e. The lowest BCUT2D eigenvalue weighted by Gasteiger charge is -2.09. The Morgan fingerprint density at radius 1 is 1.11 bits per heavy atom. The Bertz CT molecular complexity index is 774. The number of rotatable bonds is 9. The minimum absolute atomic E-state index is 0.245. The lowest BCUT2D eigenvalue weighted by atomic mass is 10.2. The van der Waals surface area contributed by atoms with Crippen molar-refractivity contribution in [3.63, 3.8) is 0 Å². The number of anilines is 2. The van der Waals surface area contributed by atoms with E-state index in [1.54, 1.807) is 30.3 Å². The van der Waals surface area contributed by atoms with Crippen molar-refractivity contribution in [1.29, 1.82) is 0 Å². The zero-order valence-electron chi connectivity index (χ0n) is 15.5. The average Bonchev–Trinajstić information content (AvgIpc) is 2.67. The highest BCUT2D eigenvalue weighted by Crippen LogP contribution is 2.22. The number of hydrogen-bond donors (Lipinski definition) is 2. The Hall–Kier alpha value is -3.22. The number of benzene rings is 2. The second kappa shape index (κ2) is 10.1. The van der Waals surface area contributed by atoms with Crippen LogP contribution in [-0.2, 0) is 9.53 Å². The number of methoxy groups -OCH3 is 1. The van der Waals surface area contributed by atoms with Crippen LogP contribution in [0.15, 0.2) is 42.5 Å². The predicted octanol–water partition coefficient (Wildman–Crippen LogP) is 3.25. The monoisotopic (exact) mass is 372 g/mol. The van der Waals surface area contributed by atoms with Gasteiger partial charge in [-0.1, -0.05) is 13.3 Å². The van der Waals surface area contributed by atoms with Gasteiger partial charge in [-0.25, -0.2) is 4.79 Å². The van der Waals surface area contributed by atoms with E-state index in [0.29, 0.717) is 23.7 Å². The maximum absolute atomic E-state index is 12.0. The van der Waals surface area contributed by atoms with E-state index >= 15 is 0 Å². The first-order valence-electron chi connectivity index (χ1n) is 8.66. The molecule has 7 heteroatoms. The Kier molecular flexibility index (Phi) is 7.49. The highest BCUT2D eigenvalue weighted by molar-refractivity contribution is 5.96. The molecule has 2 rings (SSSR count). The van der Waals surface area contributed by atoms with Crippen LogP contribution in [0.5, 0.6) is 11.5 Å². The van der Waals surface area contributed by atoms with E-state index < -0.39 is 18.5 Å². The van der Waals surface area contributed by atoms with Crippen LogP contribution in [0.1, 0.15) is 30.1 Å². The molecule has 7 nitrogen and oxygen atoms in total. The van der Waals surface area contributed by atoms with Crippen LogP contribution in [0, 0.1) is 0 Å². The van der Waals surface area contributed by atoms with Gasteiger partial charge in [0.15, 0.2) is 6.61 Å². The lowest BCUT2D eigenvalue weighted by molar-refractivity contribution is -0.119. The molecule has 2 aromatic rings. The van der Waals surface area contributed by atoms with Crippen LogP contribution < -0.4 is 20.5 Å². The van der Waals surface area contributed by atoms with Gasteiger partial charge in [-0.15, -0.1) is 0 Å². The quantitative estimate of drug-likeness (QED) is 0.398. The van der Waals surface area contributed by atoms with Gasteiger partial charge in [-0.05, 0) is 48.9 Å². The van der Waals surface area contributed by atoms with E-state index in [1.165, 1.54) is 19.2 Å². The minimum atomic E-state index is -0.640. The number of carbonyl (C=O) groups excluding carboxylic acids is 2. The number of esters is 1. The first-order chi connectivity index (χ1) is 13.0. The molecule has 0 radical (unpaired) electrons. The second-order valence-corrected chi connectivity index (χ2v) is 5.81. The fraction of sp³-hybridized carbons (Fsp3) is 0.300. The van der Waals surface area contributed by atoms with Crippen molar-refractivity contribution in [2.24, 2.45) is 0 Å². The predicted molar refractivity (Wildman–Crippen MR) is 103 cm³/mol. The summed E-state index contributed by atoms with van der Waals surface area (Å²) in [5.74, 6) is 0.125. The number of ether oxygens (including phenoxy) is 3. The first-order valence-corrected chi connectivity index (χ1v) is 8.66. The van der Waals surface area contributed by atoms with Gasteiger partial charge in [0, 0.05) is 5.69 Å². The molecule has 0 heterocycles. The van der Waals surface area contributed by atoms with Crippen LogP contribution in [0.2, 0.25) is 0 Å². The Morgan fingerprint density at radius 3 is 2.48 bits per heavy atom. The molecule has 0 atom stereocenters. The Balaban J connectivity index is 1.81. The van der Waals surface area contributed by atoms with Crippen LogP contribution in [0.25, 0.3) is 0 Å². The van der Waals surface area contributed by atoms with Crippen LogP contribution in [0.3, 0.4) is 0 Å². The van der Waals surface area contributed by atoms with E-state index in [2.05, 4.69) is 12.2 Å². The molecule has 0 unspecified atom stereocenters. The molecule has 144 valence electrons. The number of nitrogen functional groups attached to an aromatic ring is 1. The number of amides is 1. The van der Waals surface area contributed by atoms with Gasteiger partial charge in [-0.2, -0.15) is 0 Å². The summed E-state index contributed by atoms with van der Waals surface area (Å²) >= 11 is 0. The van der Waals surface area contributed by atoms with Gasteiger partial charge in [-0.3, -0.25) is 4.79 Å². The topological polar surface area (TPSA) is 99.9 Å². The van der Waals surface area contributed by atoms with Gasteiger partial charge in [0.05, 0.1) is 25.0 Å². The van der Waals surface area contributed by atoms with Crippen molar-refractivity contribution in [2.45, 2.75) is 19.8 Å². The molecule has 0 bridgehead atoms. The molecule has 0 saturated carbocycles. The van der Waals surface area contributed by atoms with Crippen LogP contribution in [-0.4, -0.2) is 32.2 Å². The molecule has 0 aliphatic heterocycles. The zero-order valence-corrected chi connectivity index (χ0v) is 15.5. The highest BCUT2D eigenvalue weighted by atomic mass is 16.5. The van der Waals surface area contributed by atoms with Crippen molar-refractivity contribution in [2.75, 3.05) is 31.4 Å². The number of carbonyl (C=O) groups is 2. The molecule has 2 aromatic carbocycles. The molecular weight excluding hydrogens is 348 g/mol. The summed E-state index contributed by atoms with van der Waals surface area (Å²) in [6.07, 6.45) is 2.06. The van der Waals surface area contributed by atoms with Gasteiger partial charge in [0.1, 0.15) is 11.5 Å². The standard InChI is InChI=1S/C20H24N2O5/c1-3-4-11-26-16-8-6-15(7-9-16)22-19(23)13-27-20(24)14-5-10-18(25-2)17(21)12-14/h5-10,12H,3-4,11,13,21H2,1-2H3,(H,22,23).